The van der Waals surface area contributed by atoms with E-state index in [0.717, 1.165) is 31.7 Å². The first-order valence-electron chi connectivity index (χ1n) is 6.32. The predicted molar refractivity (Wildman–Crippen MR) is 81.3 cm³/mol. The normalized spacial score (nSPS) is 18.5. The molecule has 1 saturated heterocycles. The zero-order chi connectivity index (χ0) is 13.8. The van der Waals surface area contributed by atoms with Crippen LogP contribution in [0.5, 0.6) is 5.75 Å². The first-order valence-corrected chi connectivity index (χ1v) is 7.90. The molecule has 0 saturated carbocycles. The summed E-state index contributed by atoms with van der Waals surface area (Å²) < 4.78 is 14.1. The highest BCUT2D eigenvalue weighted by atomic mass is 79.9. The molecule has 1 heterocycles. The molecule has 0 spiro atoms. The van der Waals surface area contributed by atoms with Crippen molar-refractivity contribution in [1.29, 1.82) is 0 Å². The molecule has 106 valence electrons. The van der Waals surface area contributed by atoms with Crippen molar-refractivity contribution >= 4 is 31.9 Å². The Labute approximate surface area is 129 Å². The highest BCUT2D eigenvalue weighted by Gasteiger charge is 2.23. The number of piperazine rings is 1. The van der Waals surface area contributed by atoms with E-state index in [0.29, 0.717) is 15.4 Å². The van der Waals surface area contributed by atoms with Gasteiger partial charge in [0, 0.05) is 32.2 Å². The lowest BCUT2D eigenvalue weighted by atomic mass is 10.0. The maximum Gasteiger partial charge on any atom is 0.143 e. The van der Waals surface area contributed by atoms with Crippen molar-refractivity contribution in [3.05, 3.63) is 26.6 Å². The van der Waals surface area contributed by atoms with E-state index in [1.807, 2.05) is 12.1 Å². The van der Waals surface area contributed by atoms with Gasteiger partial charge in [-0.05, 0) is 56.0 Å². The molecule has 1 aliphatic heterocycles. The molecule has 6 heteroatoms. The Morgan fingerprint density at radius 2 is 1.84 bits per heavy atom. The van der Waals surface area contributed by atoms with E-state index >= 15 is 0 Å². The fraction of sp³-hybridized carbons (Fsp3) is 0.538. The van der Waals surface area contributed by atoms with Gasteiger partial charge in [-0.15, -0.1) is 0 Å². The Hall–Kier alpha value is -0.170. The molecule has 0 amide bonds. The SMILES string of the molecule is Oc1c(Br)cc([C@H](CCF)N2CCNCC2)cc1Br. The van der Waals surface area contributed by atoms with Crippen LogP contribution in [-0.4, -0.2) is 42.9 Å². The summed E-state index contributed by atoms with van der Waals surface area (Å²) in [6.45, 7) is 3.36. The van der Waals surface area contributed by atoms with Crippen LogP contribution in [0.25, 0.3) is 0 Å². The summed E-state index contributed by atoms with van der Waals surface area (Å²) >= 11 is 6.67. The summed E-state index contributed by atoms with van der Waals surface area (Å²) in [7, 11) is 0. The third-order valence-corrected chi connectivity index (χ3v) is 4.61. The highest BCUT2D eigenvalue weighted by Crippen LogP contribution is 2.37. The minimum atomic E-state index is -0.343. The van der Waals surface area contributed by atoms with Crippen LogP contribution in [0, 0.1) is 0 Å². The number of phenols is 1. The second-order valence-electron chi connectivity index (χ2n) is 4.61. The molecule has 19 heavy (non-hydrogen) atoms. The molecular formula is C13H17Br2FN2O. The standard InChI is InChI=1S/C13H17Br2FN2O/c14-10-7-9(8-11(15)13(10)19)12(1-2-16)18-5-3-17-4-6-18/h7-8,12,17,19H,1-6H2/t12-/m0/s1. The van der Waals surface area contributed by atoms with E-state index in [4.69, 9.17) is 0 Å². The van der Waals surface area contributed by atoms with Gasteiger partial charge < -0.3 is 10.4 Å². The van der Waals surface area contributed by atoms with E-state index in [-0.39, 0.29) is 18.5 Å². The molecule has 1 fully saturated rings. The minimum Gasteiger partial charge on any atom is -0.506 e. The fourth-order valence-corrected chi connectivity index (χ4v) is 3.66. The van der Waals surface area contributed by atoms with Gasteiger partial charge in [0.25, 0.3) is 0 Å². The Kier molecular flexibility index (Phi) is 5.62. The van der Waals surface area contributed by atoms with Crippen LogP contribution in [0.3, 0.4) is 0 Å². The monoisotopic (exact) mass is 394 g/mol. The molecule has 1 aromatic carbocycles. The molecule has 0 bridgehead atoms. The summed E-state index contributed by atoms with van der Waals surface area (Å²) in [5, 5.41) is 13.1. The number of halogens is 3. The number of nitrogens with zero attached hydrogens (tertiary/aromatic N) is 1. The molecule has 1 aliphatic rings. The van der Waals surface area contributed by atoms with Gasteiger partial charge in [0.2, 0.25) is 0 Å². The van der Waals surface area contributed by atoms with Gasteiger partial charge in [0.05, 0.1) is 15.6 Å². The van der Waals surface area contributed by atoms with E-state index in [9.17, 15) is 9.50 Å². The molecule has 0 radical (unpaired) electrons. The zero-order valence-corrected chi connectivity index (χ0v) is 13.7. The second kappa shape index (κ2) is 7.02. The van der Waals surface area contributed by atoms with Gasteiger partial charge in [0.15, 0.2) is 0 Å². The smallest absolute Gasteiger partial charge is 0.143 e. The molecule has 0 unspecified atom stereocenters. The van der Waals surface area contributed by atoms with Crippen molar-refractivity contribution in [3.8, 4) is 5.75 Å². The Morgan fingerprint density at radius 3 is 2.37 bits per heavy atom. The van der Waals surface area contributed by atoms with Crippen molar-refractivity contribution in [2.24, 2.45) is 0 Å². The number of hydrogen-bond acceptors (Lipinski definition) is 3. The van der Waals surface area contributed by atoms with Crippen molar-refractivity contribution in [3.63, 3.8) is 0 Å². The first kappa shape index (κ1) is 15.2. The largest absolute Gasteiger partial charge is 0.506 e. The summed E-state index contributed by atoms with van der Waals surface area (Å²) in [4.78, 5) is 2.29. The summed E-state index contributed by atoms with van der Waals surface area (Å²) in [6, 6.07) is 3.81. The zero-order valence-electron chi connectivity index (χ0n) is 10.5. The van der Waals surface area contributed by atoms with Gasteiger partial charge in [-0.1, -0.05) is 0 Å². The van der Waals surface area contributed by atoms with Gasteiger partial charge in [-0.2, -0.15) is 0 Å². The third kappa shape index (κ3) is 3.68. The van der Waals surface area contributed by atoms with Crippen molar-refractivity contribution in [2.45, 2.75) is 12.5 Å². The van der Waals surface area contributed by atoms with E-state index in [2.05, 4.69) is 42.1 Å². The Morgan fingerprint density at radius 1 is 1.26 bits per heavy atom. The van der Waals surface area contributed by atoms with Crippen LogP contribution in [0.1, 0.15) is 18.0 Å². The number of phenolic OH excluding ortho intramolecular Hbond substituents is 1. The predicted octanol–water partition coefficient (Wildman–Crippen LogP) is 3.22. The van der Waals surface area contributed by atoms with Crippen molar-refractivity contribution in [2.75, 3.05) is 32.9 Å². The number of aromatic hydroxyl groups is 1. The van der Waals surface area contributed by atoms with Gasteiger partial charge >= 0.3 is 0 Å². The van der Waals surface area contributed by atoms with Crippen LogP contribution < -0.4 is 5.32 Å². The van der Waals surface area contributed by atoms with E-state index < -0.39 is 0 Å². The lowest BCUT2D eigenvalue weighted by Crippen LogP contribution is -2.45. The van der Waals surface area contributed by atoms with Crippen LogP contribution in [-0.2, 0) is 0 Å². The van der Waals surface area contributed by atoms with Crippen LogP contribution in [0.15, 0.2) is 21.1 Å². The van der Waals surface area contributed by atoms with Crippen LogP contribution in [0.4, 0.5) is 4.39 Å². The molecule has 0 aromatic heterocycles. The topological polar surface area (TPSA) is 35.5 Å². The van der Waals surface area contributed by atoms with Gasteiger partial charge in [0.1, 0.15) is 5.75 Å². The minimum absolute atomic E-state index is 0.0558. The lowest BCUT2D eigenvalue weighted by Gasteiger charge is -2.35. The summed E-state index contributed by atoms with van der Waals surface area (Å²) in [5.41, 5.74) is 1.02. The lowest BCUT2D eigenvalue weighted by molar-refractivity contribution is 0.157. The van der Waals surface area contributed by atoms with E-state index in [1.54, 1.807) is 0 Å². The molecule has 1 atom stereocenters. The average Bonchev–Trinajstić information content (AvgIpc) is 2.42. The third-order valence-electron chi connectivity index (χ3n) is 3.40. The molecule has 1 aromatic rings. The van der Waals surface area contributed by atoms with E-state index in [1.165, 1.54) is 0 Å². The summed E-state index contributed by atoms with van der Waals surface area (Å²) in [5.74, 6) is 0.183. The second-order valence-corrected chi connectivity index (χ2v) is 6.32. The van der Waals surface area contributed by atoms with Crippen molar-refractivity contribution < 1.29 is 9.50 Å². The number of rotatable bonds is 4. The number of benzene rings is 1. The molecule has 2 rings (SSSR count). The first-order chi connectivity index (χ1) is 9.13. The fourth-order valence-electron chi connectivity index (χ4n) is 2.43. The van der Waals surface area contributed by atoms with Crippen LogP contribution >= 0.6 is 31.9 Å². The number of hydrogen-bond donors (Lipinski definition) is 2. The quantitative estimate of drug-likeness (QED) is 0.821. The summed E-state index contributed by atoms with van der Waals surface area (Å²) in [6.07, 6.45) is 0.476. The Balaban J connectivity index is 2.27. The van der Waals surface area contributed by atoms with Gasteiger partial charge in [-0.25, -0.2) is 0 Å². The van der Waals surface area contributed by atoms with Crippen LogP contribution in [0.2, 0.25) is 0 Å². The van der Waals surface area contributed by atoms with Gasteiger partial charge in [-0.3, -0.25) is 9.29 Å². The Bertz CT molecular complexity index is 416. The molecule has 2 N–H and O–H groups in total. The maximum absolute atomic E-state index is 12.8. The number of alkyl halides is 1. The molecule has 3 nitrogen and oxygen atoms in total. The number of nitrogens with one attached hydrogen (secondary N) is 1. The highest BCUT2D eigenvalue weighted by molar-refractivity contribution is 9.11. The molecular weight excluding hydrogens is 379 g/mol. The van der Waals surface area contributed by atoms with Crippen molar-refractivity contribution in [1.82, 2.24) is 10.2 Å². The average molecular weight is 396 g/mol. The maximum atomic E-state index is 12.8. The molecule has 0 aliphatic carbocycles.